The topological polar surface area (TPSA) is 80.3 Å². The maximum Gasteiger partial charge on any atom is 0.263 e. The van der Waals surface area contributed by atoms with Crippen LogP contribution in [0.25, 0.3) is 0 Å². The summed E-state index contributed by atoms with van der Waals surface area (Å²) in [5, 5.41) is 2.99. The normalized spacial score (nSPS) is 11.0. The molecule has 6 nitrogen and oxygen atoms in total. The highest BCUT2D eigenvalue weighted by Gasteiger charge is 2.15. The second-order valence-electron chi connectivity index (χ2n) is 5.58. The summed E-state index contributed by atoms with van der Waals surface area (Å²) >= 11 is 0. The molecule has 0 aliphatic carbocycles. The summed E-state index contributed by atoms with van der Waals surface area (Å²) in [7, 11) is -3.76. The van der Waals surface area contributed by atoms with Gasteiger partial charge in [-0.05, 0) is 61.5 Å². The van der Waals surface area contributed by atoms with E-state index in [1.807, 2.05) is 6.92 Å². The Morgan fingerprint density at radius 2 is 1.81 bits per heavy atom. The predicted molar refractivity (Wildman–Crippen MR) is 102 cm³/mol. The fourth-order valence-electron chi connectivity index (χ4n) is 2.34. The van der Waals surface area contributed by atoms with Gasteiger partial charge in [-0.15, -0.1) is 0 Å². The minimum atomic E-state index is -3.76. The van der Waals surface area contributed by atoms with E-state index in [0.29, 0.717) is 23.7 Å². The molecule has 0 radical (unpaired) electrons. The lowest BCUT2D eigenvalue weighted by Gasteiger charge is -2.10. The summed E-state index contributed by atoms with van der Waals surface area (Å²) in [5.74, 6) is 0.420. The number of sulfonamides is 1. The number of nitrogens with zero attached hydrogens (tertiary/aromatic N) is 1. The van der Waals surface area contributed by atoms with Gasteiger partial charge in [0, 0.05) is 5.69 Å². The van der Waals surface area contributed by atoms with E-state index in [0.717, 1.165) is 0 Å². The van der Waals surface area contributed by atoms with Gasteiger partial charge >= 0.3 is 0 Å². The molecule has 8 heteroatoms. The first-order chi connectivity index (χ1) is 13.0. The van der Waals surface area contributed by atoms with E-state index >= 15 is 0 Å². The molecule has 0 saturated carbocycles. The largest absolute Gasteiger partial charge is 0.494 e. The van der Waals surface area contributed by atoms with Gasteiger partial charge in [0.25, 0.3) is 10.0 Å². The first kappa shape index (κ1) is 18.7. The van der Waals surface area contributed by atoms with Crippen molar-refractivity contribution in [1.82, 2.24) is 4.98 Å². The van der Waals surface area contributed by atoms with Gasteiger partial charge in [-0.25, -0.2) is 17.8 Å². The van der Waals surface area contributed by atoms with Gasteiger partial charge in [0.2, 0.25) is 0 Å². The molecule has 1 heterocycles. The van der Waals surface area contributed by atoms with Crippen LogP contribution in [0.1, 0.15) is 6.92 Å². The van der Waals surface area contributed by atoms with Crippen LogP contribution in [0.2, 0.25) is 0 Å². The molecular formula is C19H18FN3O3S. The Hall–Kier alpha value is -3.13. The first-order valence-electron chi connectivity index (χ1n) is 8.20. The number of halogens is 1. The van der Waals surface area contributed by atoms with E-state index in [2.05, 4.69) is 15.0 Å². The minimum Gasteiger partial charge on any atom is -0.494 e. The zero-order valence-corrected chi connectivity index (χ0v) is 15.3. The van der Waals surface area contributed by atoms with Crippen LogP contribution in [0.15, 0.2) is 71.8 Å². The number of benzene rings is 2. The second-order valence-corrected chi connectivity index (χ2v) is 7.26. The van der Waals surface area contributed by atoms with Gasteiger partial charge in [0.05, 0.1) is 23.4 Å². The van der Waals surface area contributed by atoms with Gasteiger partial charge in [0.1, 0.15) is 17.4 Å². The van der Waals surface area contributed by atoms with Crippen LogP contribution < -0.4 is 14.8 Å². The number of aromatic nitrogens is 1. The number of anilines is 3. The Morgan fingerprint density at radius 1 is 1.04 bits per heavy atom. The highest BCUT2D eigenvalue weighted by molar-refractivity contribution is 7.92. The summed E-state index contributed by atoms with van der Waals surface area (Å²) < 4.78 is 45.8. The Morgan fingerprint density at radius 3 is 2.44 bits per heavy atom. The van der Waals surface area contributed by atoms with Crippen molar-refractivity contribution in [3.05, 3.63) is 72.7 Å². The molecule has 0 spiro atoms. The van der Waals surface area contributed by atoms with E-state index in [9.17, 15) is 12.8 Å². The van der Waals surface area contributed by atoms with Crippen LogP contribution in [-0.4, -0.2) is 20.0 Å². The molecule has 1 aromatic heterocycles. The standard InChI is InChI=1S/C19H18FN3O3S/c1-2-26-17-7-9-18(10-8-17)27(24,25)23-19-11-6-16(13-21-19)22-15-5-3-4-14(20)12-15/h3-13,22H,2H2,1H3,(H,21,23). The monoisotopic (exact) mass is 387 g/mol. The summed E-state index contributed by atoms with van der Waals surface area (Å²) in [6.07, 6.45) is 1.46. The fourth-order valence-corrected chi connectivity index (χ4v) is 3.35. The van der Waals surface area contributed by atoms with Gasteiger partial charge in [-0.1, -0.05) is 6.07 Å². The van der Waals surface area contributed by atoms with Crippen molar-refractivity contribution in [2.75, 3.05) is 16.6 Å². The van der Waals surface area contributed by atoms with Crippen LogP contribution in [0.5, 0.6) is 5.75 Å². The summed E-state index contributed by atoms with van der Waals surface area (Å²) in [6, 6.07) is 15.3. The molecule has 0 bridgehead atoms. The van der Waals surface area contributed by atoms with E-state index in [1.54, 1.807) is 30.3 Å². The molecule has 0 unspecified atom stereocenters. The number of nitrogens with one attached hydrogen (secondary N) is 2. The SMILES string of the molecule is CCOc1ccc(S(=O)(=O)Nc2ccc(Nc3cccc(F)c3)cn2)cc1. The van der Waals surface area contributed by atoms with Gasteiger partial charge < -0.3 is 10.1 Å². The molecule has 27 heavy (non-hydrogen) atoms. The lowest BCUT2D eigenvalue weighted by molar-refractivity contribution is 0.340. The van der Waals surface area contributed by atoms with Gasteiger partial charge in [0.15, 0.2) is 0 Å². The molecule has 0 aliphatic rings. The summed E-state index contributed by atoms with van der Waals surface area (Å²) in [4.78, 5) is 4.19. The molecule has 2 N–H and O–H groups in total. The van der Waals surface area contributed by atoms with E-state index in [4.69, 9.17) is 4.74 Å². The van der Waals surface area contributed by atoms with Crippen molar-refractivity contribution in [1.29, 1.82) is 0 Å². The van der Waals surface area contributed by atoms with E-state index in [-0.39, 0.29) is 16.5 Å². The lowest BCUT2D eigenvalue weighted by atomic mass is 10.3. The van der Waals surface area contributed by atoms with E-state index in [1.165, 1.54) is 36.5 Å². The summed E-state index contributed by atoms with van der Waals surface area (Å²) in [6.45, 7) is 2.36. The van der Waals surface area contributed by atoms with Gasteiger partial charge in [-0.3, -0.25) is 4.72 Å². The van der Waals surface area contributed by atoms with Crippen molar-refractivity contribution in [3.8, 4) is 5.75 Å². The lowest BCUT2D eigenvalue weighted by Crippen LogP contribution is -2.13. The highest BCUT2D eigenvalue weighted by atomic mass is 32.2. The van der Waals surface area contributed by atoms with Crippen molar-refractivity contribution in [3.63, 3.8) is 0 Å². The van der Waals surface area contributed by atoms with E-state index < -0.39 is 10.0 Å². The summed E-state index contributed by atoms with van der Waals surface area (Å²) in [5.41, 5.74) is 1.17. The third kappa shape index (κ3) is 4.95. The van der Waals surface area contributed by atoms with Gasteiger partial charge in [-0.2, -0.15) is 0 Å². The maximum absolute atomic E-state index is 13.2. The smallest absolute Gasteiger partial charge is 0.263 e. The van der Waals surface area contributed by atoms with Crippen molar-refractivity contribution in [2.24, 2.45) is 0 Å². The average molecular weight is 387 g/mol. The van der Waals surface area contributed by atoms with Crippen molar-refractivity contribution in [2.45, 2.75) is 11.8 Å². The minimum absolute atomic E-state index is 0.106. The molecule has 0 aliphatic heterocycles. The number of pyridine rings is 1. The zero-order valence-electron chi connectivity index (χ0n) is 14.5. The molecule has 140 valence electrons. The number of ether oxygens (including phenoxy) is 1. The highest BCUT2D eigenvalue weighted by Crippen LogP contribution is 2.21. The molecule has 0 amide bonds. The van der Waals surface area contributed by atoms with Crippen LogP contribution in [0, 0.1) is 5.82 Å². The molecule has 3 aromatic rings. The Kier molecular flexibility index (Phi) is 5.56. The van der Waals surface area contributed by atoms with Crippen molar-refractivity contribution < 1.29 is 17.5 Å². The molecule has 0 fully saturated rings. The van der Waals surface area contributed by atoms with Crippen LogP contribution in [0.3, 0.4) is 0 Å². The Labute approximate surface area is 157 Å². The Bertz CT molecular complexity index is 1010. The predicted octanol–water partition coefficient (Wildman–Crippen LogP) is 4.16. The molecule has 3 rings (SSSR count). The number of hydrogen-bond acceptors (Lipinski definition) is 5. The quantitative estimate of drug-likeness (QED) is 0.636. The molecule has 0 saturated heterocycles. The molecule has 2 aromatic carbocycles. The zero-order chi connectivity index (χ0) is 19.3. The third-order valence-corrected chi connectivity index (χ3v) is 4.93. The molecule has 0 atom stereocenters. The fraction of sp³-hybridized carbons (Fsp3) is 0.105. The molecular weight excluding hydrogens is 369 g/mol. The first-order valence-corrected chi connectivity index (χ1v) is 9.69. The number of hydrogen-bond donors (Lipinski definition) is 2. The maximum atomic E-state index is 13.2. The Balaban J connectivity index is 1.69. The van der Waals surface area contributed by atoms with Crippen LogP contribution >= 0.6 is 0 Å². The number of rotatable bonds is 7. The van der Waals surface area contributed by atoms with Crippen LogP contribution in [-0.2, 0) is 10.0 Å². The third-order valence-electron chi connectivity index (χ3n) is 3.56. The average Bonchev–Trinajstić information content (AvgIpc) is 2.64. The second kappa shape index (κ2) is 8.05. The van der Waals surface area contributed by atoms with Crippen molar-refractivity contribution >= 4 is 27.2 Å². The van der Waals surface area contributed by atoms with Crippen LogP contribution in [0.4, 0.5) is 21.6 Å².